The van der Waals surface area contributed by atoms with Crippen molar-refractivity contribution in [2.24, 2.45) is 10.2 Å². The van der Waals surface area contributed by atoms with Crippen molar-refractivity contribution in [3.63, 3.8) is 0 Å². The van der Waals surface area contributed by atoms with Gasteiger partial charge in [-0.3, -0.25) is 0 Å². The van der Waals surface area contributed by atoms with Crippen LogP contribution < -0.4 is 5.73 Å². The highest BCUT2D eigenvalue weighted by Gasteiger charge is 2.27. The van der Waals surface area contributed by atoms with Crippen molar-refractivity contribution in [3.8, 4) is 5.69 Å². The lowest BCUT2D eigenvalue weighted by atomic mass is 9.91. The van der Waals surface area contributed by atoms with Crippen LogP contribution in [0.15, 0.2) is 32.8 Å². The average Bonchev–Trinajstić information content (AvgIpc) is 3.29. The molecule has 2 aromatic heterocycles. The van der Waals surface area contributed by atoms with E-state index in [1.54, 1.807) is 0 Å². The second-order valence-corrected chi connectivity index (χ2v) is 9.39. The van der Waals surface area contributed by atoms with Crippen LogP contribution in [0.1, 0.15) is 47.2 Å². The van der Waals surface area contributed by atoms with Crippen molar-refractivity contribution < 1.29 is 19.8 Å². The summed E-state index contributed by atoms with van der Waals surface area (Å²) in [5, 5.41) is 39.8. The molecule has 0 bridgehead atoms. The zero-order valence-corrected chi connectivity index (χ0v) is 18.7. The Bertz CT molecular complexity index is 1160. The molecule has 31 heavy (non-hydrogen) atoms. The minimum atomic E-state index is -1.27. The van der Waals surface area contributed by atoms with Crippen molar-refractivity contribution >= 4 is 51.7 Å². The van der Waals surface area contributed by atoms with Gasteiger partial charge in [0, 0.05) is 5.41 Å². The fourth-order valence-electron chi connectivity index (χ4n) is 2.62. The predicted molar refractivity (Wildman–Crippen MR) is 116 cm³/mol. The van der Waals surface area contributed by atoms with Crippen LogP contribution >= 0.6 is 23.1 Å². The van der Waals surface area contributed by atoms with Gasteiger partial charge in [-0.1, -0.05) is 43.9 Å². The molecule has 2 heterocycles. The minimum Gasteiger partial charge on any atom is -0.478 e. The smallest absolute Gasteiger partial charge is 0.335 e. The third-order valence-electron chi connectivity index (χ3n) is 4.07. The summed E-state index contributed by atoms with van der Waals surface area (Å²) in [5.41, 5.74) is 6.37. The number of rotatable bonds is 6. The first-order chi connectivity index (χ1) is 14.5. The standard InChI is InChI=1S/C18H19N7O4S2/c1-18(2,3)12-11(20-21-16-22-23-17(30-4)31-16)13(19)25(24-12)10-6-8(14(26)27)5-9(7-10)15(28)29/h5-7H,19H2,1-4H3,(H,26,27)(H,28,29). The Balaban J connectivity index is 2.17. The Hall–Kier alpha value is -3.32. The molecule has 0 amide bonds. The third-order valence-corrected chi connectivity index (χ3v) is 5.85. The van der Waals surface area contributed by atoms with Crippen LogP contribution in [0.5, 0.6) is 0 Å². The molecule has 3 aromatic rings. The average molecular weight is 462 g/mol. The van der Waals surface area contributed by atoms with E-state index < -0.39 is 17.4 Å². The van der Waals surface area contributed by atoms with E-state index in [-0.39, 0.29) is 28.3 Å². The maximum atomic E-state index is 11.5. The summed E-state index contributed by atoms with van der Waals surface area (Å²) in [5.74, 6) is -2.46. The molecule has 0 radical (unpaired) electrons. The van der Waals surface area contributed by atoms with Crippen LogP contribution in [-0.4, -0.2) is 48.4 Å². The van der Waals surface area contributed by atoms with Crippen molar-refractivity contribution in [2.45, 2.75) is 30.5 Å². The highest BCUT2D eigenvalue weighted by Crippen LogP contribution is 2.38. The maximum Gasteiger partial charge on any atom is 0.335 e. The molecule has 0 aliphatic rings. The molecule has 0 aliphatic heterocycles. The van der Waals surface area contributed by atoms with E-state index in [1.165, 1.54) is 39.9 Å². The Morgan fingerprint density at radius 2 is 1.71 bits per heavy atom. The Labute approximate surface area is 185 Å². The van der Waals surface area contributed by atoms with Gasteiger partial charge in [-0.05, 0) is 24.5 Å². The van der Waals surface area contributed by atoms with Gasteiger partial charge in [0.25, 0.3) is 5.13 Å². The van der Waals surface area contributed by atoms with E-state index >= 15 is 0 Å². The van der Waals surface area contributed by atoms with Crippen molar-refractivity contribution in [3.05, 3.63) is 35.0 Å². The number of thioether (sulfide) groups is 1. The summed E-state index contributed by atoms with van der Waals surface area (Å²) in [6.45, 7) is 5.72. The van der Waals surface area contributed by atoms with E-state index in [0.717, 1.165) is 10.4 Å². The highest BCUT2D eigenvalue weighted by atomic mass is 32.2. The summed E-state index contributed by atoms with van der Waals surface area (Å²) < 4.78 is 2.00. The molecule has 1 aromatic carbocycles. The molecule has 4 N–H and O–H groups in total. The topological polar surface area (TPSA) is 169 Å². The van der Waals surface area contributed by atoms with Crippen molar-refractivity contribution in [1.82, 2.24) is 20.0 Å². The number of aromatic nitrogens is 4. The largest absolute Gasteiger partial charge is 0.478 e. The maximum absolute atomic E-state index is 11.5. The number of nitrogens with two attached hydrogens (primary N) is 1. The van der Waals surface area contributed by atoms with Crippen LogP contribution in [0.4, 0.5) is 16.6 Å². The Kier molecular flexibility index (Phi) is 6.08. The number of hydrogen-bond donors (Lipinski definition) is 3. The monoisotopic (exact) mass is 461 g/mol. The zero-order valence-electron chi connectivity index (χ0n) is 17.0. The second-order valence-electron chi connectivity index (χ2n) is 7.38. The van der Waals surface area contributed by atoms with E-state index in [9.17, 15) is 19.8 Å². The number of azo groups is 1. The number of carbonyl (C=O) groups is 2. The first kappa shape index (κ1) is 22.4. The van der Waals surface area contributed by atoms with Gasteiger partial charge in [-0.25, -0.2) is 14.3 Å². The molecule has 13 heteroatoms. The molecule has 0 atom stereocenters. The number of nitrogens with zero attached hydrogens (tertiary/aromatic N) is 6. The van der Waals surface area contributed by atoms with Crippen LogP contribution in [0, 0.1) is 0 Å². The first-order valence-corrected chi connectivity index (χ1v) is 10.9. The number of benzene rings is 1. The zero-order chi connectivity index (χ0) is 22.9. The summed E-state index contributed by atoms with van der Waals surface area (Å²) in [7, 11) is 0. The molecule has 11 nitrogen and oxygen atoms in total. The fraction of sp³-hybridized carbons (Fsp3) is 0.278. The molecule has 0 fully saturated rings. The number of hydrogen-bond acceptors (Lipinski definition) is 10. The third kappa shape index (κ3) is 4.72. The van der Waals surface area contributed by atoms with Gasteiger partial charge in [-0.15, -0.1) is 20.4 Å². The van der Waals surface area contributed by atoms with Crippen LogP contribution in [0.3, 0.4) is 0 Å². The van der Waals surface area contributed by atoms with E-state index in [2.05, 4.69) is 25.5 Å². The van der Waals surface area contributed by atoms with Crippen LogP contribution in [0.25, 0.3) is 5.69 Å². The van der Waals surface area contributed by atoms with Gasteiger partial charge in [0.15, 0.2) is 15.8 Å². The molecule has 3 rings (SSSR count). The van der Waals surface area contributed by atoms with Gasteiger partial charge in [0.1, 0.15) is 0 Å². The highest BCUT2D eigenvalue weighted by molar-refractivity contribution is 8.00. The molecular weight excluding hydrogens is 442 g/mol. The molecule has 0 saturated carbocycles. The predicted octanol–water partition coefficient (Wildman–Crippen LogP) is 4.14. The molecule has 162 valence electrons. The van der Waals surface area contributed by atoms with E-state index in [1.807, 2.05) is 27.0 Å². The minimum absolute atomic E-state index is 0.0853. The van der Waals surface area contributed by atoms with Crippen molar-refractivity contribution in [1.29, 1.82) is 0 Å². The Morgan fingerprint density at radius 3 is 2.19 bits per heavy atom. The van der Waals surface area contributed by atoms with Gasteiger partial charge < -0.3 is 15.9 Å². The molecule has 0 spiro atoms. The first-order valence-electron chi connectivity index (χ1n) is 8.81. The van der Waals surface area contributed by atoms with Gasteiger partial charge in [0.05, 0.1) is 22.5 Å². The van der Waals surface area contributed by atoms with Crippen LogP contribution in [-0.2, 0) is 5.41 Å². The summed E-state index contributed by atoms with van der Waals surface area (Å²) >= 11 is 2.70. The number of nitrogen functional groups attached to an aromatic ring is 1. The summed E-state index contributed by atoms with van der Waals surface area (Å²) in [6, 6.07) is 3.65. The number of carboxylic acids is 2. The lowest BCUT2D eigenvalue weighted by Crippen LogP contribution is -2.13. The molecular formula is C18H19N7O4S2. The van der Waals surface area contributed by atoms with E-state index in [0.29, 0.717) is 10.8 Å². The van der Waals surface area contributed by atoms with E-state index in [4.69, 9.17) is 5.73 Å². The lowest BCUT2D eigenvalue weighted by molar-refractivity contribution is 0.0696. The SMILES string of the molecule is CSc1nnc(N=Nc2c(C(C)(C)C)nn(-c3cc(C(=O)O)cc(C(=O)O)c3)c2N)s1. The molecule has 0 saturated heterocycles. The Morgan fingerprint density at radius 1 is 1.10 bits per heavy atom. The number of aromatic carboxylic acids is 2. The van der Waals surface area contributed by atoms with Gasteiger partial charge >= 0.3 is 11.9 Å². The molecule has 0 aliphatic carbocycles. The lowest BCUT2D eigenvalue weighted by Gasteiger charge is -2.15. The summed E-state index contributed by atoms with van der Waals surface area (Å²) in [4.78, 5) is 22.9. The second kappa shape index (κ2) is 8.43. The van der Waals surface area contributed by atoms with Crippen LogP contribution in [0.2, 0.25) is 0 Å². The van der Waals surface area contributed by atoms with Gasteiger partial charge in [0.2, 0.25) is 0 Å². The van der Waals surface area contributed by atoms with Gasteiger partial charge in [-0.2, -0.15) is 5.10 Å². The quantitative estimate of drug-likeness (QED) is 0.360. The number of anilines is 1. The molecule has 0 unspecified atom stereocenters. The van der Waals surface area contributed by atoms with Crippen molar-refractivity contribution in [2.75, 3.05) is 12.0 Å². The fourth-order valence-corrected chi connectivity index (χ4v) is 3.70. The normalized spacial score (nSPS) is 11.9. The number of carboxylic acid groups (broad SMARTS) is 2. The summed E-state index contributed by atoms with van der Waals surface area (Å²) in [6.07, 6.45) is 1.87.